The lowest BCUT2D eigenvalue weighted by molar-refractivity contribution is -0.605. The van der Waals surface area contributed by atoms with Gasteiger partial charge in [-0.15, -0.1) is 0 Å². The predicted molar refractivity (Wildman–Crippen MR) is 92.8 cm³/mol. The molecule has 2 aromatic carbocycles. The zero-order valence-corrected chi connectivity index (χ0v) is 13.4. The van der Waals surface area contributed by atoms with Crippen molar-refractivity contribution >= 4 is 22.1 Å². The van der Waals surface area contributed by atoms with E-state index in [4.69, 9.17) is 0 Å². The van der Waals surface area contributed by atoms with Crippen LogP contribution >= 0.6 is 0 Å². The van der Waals surface area contributed by atoms with Gasteiger partial charge in [0.2, 0.25) is 0 Å². The third kappa shape index (κ3) is 3.05. The molecule has 0 aliphatic carbocycles. The highest BCUT2D eigenvalue weighted by atomic mass is 16.6. The fourth-order valence-electron chi connectivity index (χ4n) is 2.86. The van der Waals surface area contributed by atoms with E-state index in [1.165, 1.54) is 18.5 Å². The highest BCUT2D eigenvalue weighted by Gasteiger charge is 2.19. The SMILES string of the molecule is CN(Cc1cc[n+]([O-])cc1)c1ccc([N+](=O)[O-])c2c(C#N)cccc12. The van der Waals surface area contributed by atoms with E-state index in [9.17, 15) is 20.6 Å². The summed E-state index contributed by atoms with van der Waals surface area (Å²) in [5.41, 5.74) is 1.89. The van der Waals surface area contributed by atoms with Gasteiger partial charge in [-0.1, -0.05) is 12.1 Å². The molecule has 0 fully saturated rings. The number of rotatable bonds is 4. The van der Waals surface area contributed by atoms with Crippen LogP contribution in [-0.2, 0) is 6.54 Å². The van der Waals surface area contributed by atoms with Crippen molar-refractivity contribution in [3.8, 4) is 6.07 Å². The topological polar surface area (TPSA) is 97.1 Å². The highest BCUT2D eigenvalue weighted by Crippen LogP contribution is 2.35. The summed E-state index contributed by atoms with van der Waals surface area (Å²) in [5.74, 6) is 0. The number of nitro benzene ring substituents is 1. The summed E-state index contributed by atoms with van der Waals surface area (Å²) >= 11 is 0. The van der Waals surface area contributed by atoms with E-state index in [1.54, 1.807) is 36.4 Å². The van der Waals surface area contributed by atoms with Crippen molar-refractivity contribution < 1.29 is 9.65 Å². The Morgan fingerprint density at radius 3 is 2.56 bits per heavy atom. The molecule has 0 atom stereocenters. The van der Waals surface area contributed by atoms with Crippen LogP contribution in [0.5, 0.6) is 0 Å². The van der Waals surface area contributed by atoms with Crippen LogP contribution in [0.15, 0.2) is 54.9 Å². The molecule has 0 aliphatic rings. The van der Waals surface area contributed by atoms with Gasteiger partial charge in [0.1, 0.15) is 6.07 Å². The molecule has 0 saturated carbocycles. The fourth-order valence-corrected chi connectivity index (χ4v) is 2.86. The molecule has 1 aromatic heterocycles. The molecular weight excluding hydrogens is 320 g/mol. The molecule has 3 aromatic rings. The van der Waals surface area contributed by atoms with Crippen molar-refractivity contribution in [2.24, 2.45) is 0 Å². The summed E-state index contributed by atoms with van der Waals surface area (Å²) in [6.45, 7) is 0.518. The Kier molecular flexibility index (Phi) is 4.18. The first-order valence-corrected chi connectivity index (χ1v) is 7.50. The number of hydrogen-bond donors (Lipinski definition) is 0. The van der Waals surface area contributed by atoms with Crippen LogP contribution in [0.2, 0.25) is 0 Å². The van der Waals surface area contributed by atoms with Crippen molar-refractivity contribution in [1.29, 1.82) is 5.26 Å². The van der Waals surface area contributed by atoms with E-state index in [-0.39, 0.29) is 11.3 Å². The summed E-state index contributed by atoms with van der Waals surface area (Å²) in [7, 11) is 1.86. The van der Waals surface area contributed by atoms with Crippen molar-refractivity contribution in [2.45, 2.75) is 6.54 Å². The van der Waals surface area contributed by atoms with E-state index in [1.807, 2.05) is 18.0 Å². The number of nitrogens with zero attached hydrogens (tertiary/aromatic N) is 4. The highest BCUT2D eigenvalue weighted by molar-refractivity contribution is 6.03. The first-order chi connectivity index (χ1) is 12.0. The minimum absolute atomic E-state index is 0.0867. The first kappa shape index (κ1) is 16.2. The summed E-state index contributed by atoms with van der Waals surface area (Å²) in [5, 5.41) is 32.8. The minimum Gasteiger partial charge on any atom is -0.619 e. The predicted octanol–water partition coefficient (Wildman–Crippen LogP) is 2.89. The quantitative estimate of drug-likeness (QED) is 0.316. The van der Waals surface area contributed by atoms with Crippen LogP contribution < -0.4 is 9.63 Å². The standard InChI is InChI=1S/C18H14N4O3/c1-20(12-13-7-9-21(23)10-8-13)16-5-6-17(22(24)25)18-14(11-19)3-2-4-15(16)18/h2-10H,12H2,1H3. The van der Waals surface area contributed by atoms with E-state index in [0.717, 1.165) is 11.3 Å². The number of nitro groups is 1. The lowest BCUT2D eigenvalue weighted by Crippen LogP contribution is -2.25. The zero-order valence-electron chi connectivity index (χ0n) is 13.4. The minimum atomic E-state index is -0.475. The third-order valence-corrected chi connectivity index (χ3v) is 4.01. The Balaban J connectivity index is 2.10. The number of hydrogen-bond acceptors (Lipinski definition) is 5. The van der Waals surface area contributed by atoms with Crippen molar-refractivity contribution in [3.05, 3.63) is 81.3 Å². The molecule has 0 aliphatic heterocycles. The van der Waals surface area contributed by atoms with Gasteiger partial charge in [0.15, 0.2) is 12.4 Å². The third-order valence-electron chi connectivity index (χ3n) is 4.01. The fraction of sp³-hybridized carbons (Fsp3) is 0.111. The van der Waals surface area contributed by atoms with Gasteiger partial charge in [0.05, 0.1) is 15.9 Å². The molecule has 7 nitrogen and oxygen atoms in total. The van der Waals surface area contributed by atoms with Crippen LogP contribution in [0.25, 0.3) is 10.8 Å². The molecule has 0 unspecified atom stereocenters. The molecule has 124 valence electrons. The number of benzene rings is 2. The lowest BCUT2D eigenvalue weighted by atomic mass is 10.0. The molecule has 0 radical (unpaired) electrons. The maximum absolute atomic E-state index is 11.3. The summed E-state index contributed by atoms with van der Waals surface area (Å²) in [4.78, 5) is 12.8. The molecule has 0 saturated heterocycles. The van der Waals surface area contributed by atoms with Crippen molar-refractivity contribution in [2.75, 3.05) is 11.9 Å². The average Bonchev–Trinajstić information content (AvgIpc) is 2.61. The Bertz CT molecular complexity index is 994. The molecule has 3 rings (SSSR count). The van der Waals surface area contributed by atoms with Crippen molar-refractivity contribution in [3.63, 3.8) is 0 Å². The van der Waals surface area contributed by atoms with Crippen molar-refractivity contribution in [1.82, 2.24) is 0 Å². The second-order valence-electron chi connectivity index (χ2n) is 5.62. The number of aromatic nitrogens is 1. The Morgan fingerprint density at radius 2 is 1.92 bits per heavy atom. The van der Waals surface area contributed by atoms with Gasteiger partial charge >= 0.3 is 0 Å². The molecule has 0 amide bonds. The lowest BCUT2D eigenvalue weighted by Gasteiger charge is -2.21. The molecule has 7 heteroatoms. The van der Waals surface area contributed by atoms with E-state index >= 15 is 0 Å². The normalized spacial score (nSPS) is 10.4. The van der Waals surface area contributed by atoms with E-state index < -0.39 is 4.92 Å². The Labute approximate surface area is 143 Å². The monoisotopic (exact) mass is 334 g/mol. The maximum Gasteiger partial charge on any atom is 0.278 e. The molecule has 0 bridgehead atoms. The summed E-state index contributed by atoms with van der Waals surface area (Å²) in [6.07, 6.45) is 2.84. The largest absolute Gasteiger partial charge is 0.619 e. The van der Waals surface area contributed by atoms with Crippen LogP contribution in [0.4, 0.5) is 11.4 Å². The number of anilines is 1. The maximum atomic E-state index is 11.3. The molecule has 0 spiro atoms. The second kappa shape index (κ2) is 6.45. The number of fused-ring (bicyclic) bond motifs is 1. The van der Waals surface area contributed by atoms with Gasteiger partial charge in [-0.2, -0.15) is 9.99 Å². The van der Waals surface area contributed by atoms with Crippen LogP contribution in [0.3, 0.4) is 0 Å². The number of pyridine rings is 1. The second-order valence-corrected chi connectivity index (χ2v) is 5.62. The first-order valence-electron chi connectivity index (χ1n) is 7.50. The van der Waals surface area contributed by atoms with E-state index in [2.05, 4.69) is 0 Å². The van der Waals surface area contributed by atoms with Gasteiger partial charge in [0, 0.05) is 42.9 Å². The number of non-ortho nitro benzene ring substituents is 1. The van der Waals surface area contributed by atoms with Crippen LogP contribution in [-0.4, -0.2) is 12.0 Å². The van der Waals surface area contributed by atoms with Gasteiger partial charge in [-0.05, 0) is 17.7 Å². The van der Waals surface area contributed by atoms with Crippen LogP contribution in [0, 0.1) is 26.7 Å². The molecule has 0 N–H and O–H groups in total. The number of nitriles is 1. The molecular formula is C18H14N4O3. The van der Waals surface area contributed by atoms with Crippen LogP contribution in [0.1, 0.15) is 11.1 Å². The summed E-state index contributed by atoms with van der Waals surface area (Å²) < 4.78 is 0.712. The van der Waals surface area contributed by atoms with E-state index in [0.29, 0.717) is 22.0 Å². The Morgan fingerprint density at radius 1 is 1.20 bits per heavy atom. The van der Waals surface area contributed by atoms with Gasteiger partial charge in [-0.3, -0.25) is 10.1 Å². The smallest absolute Gasteiger partial charge is 0.278 e. The van der Waals surface area contributed by atoms with Gasteiger partial charge in [0.25, 0.3) is 5.69 Å². The summed E-state index contributed by atoms with van der Waals surface area (Å²) in [6, 6.07) is 13.6. The van der Waals surface area contributed by atoms with Gasteiger partial charge < -0.3 is 10.1 Å². The molecule has 25 heavy (non-hydrogen) atoms. The average molecular weight is 334 g/mol. The van der Waals surface area contributed by atoms with Gasteiger partial charge in [-0.25, -0.2) is 0 Å². The molecule has 1 heterocycles. The Hall–Kier alpha value is -3.66. The zero-order chi connectivity index (χ0) is 18.0.